The van der Waals surface area contributed by atoms with Crippen LogP contribution < -0.4 is 5.32 Å². The highest BCUT2D eigenvalue weighted by Crippen LogP contribution is 2.20. The van der Waals surface area contributed by atoms with Crippen LogP contribution in [0.25, 0.3) is 0 Å². The summed E-state index contributed by atoms with van der Waals surface area (Å²) >= 11 is 0. The molecule has 1 aliphatic carbocycles. The van der Waals surface area contributed by atoms with Crippen molar-refractivity contribution in [2.24, 2.45) is 0 Å². The maximum Gasteiger partial charge on any atom is 0.260 e. The maximum absolute atomic E-state index is 12.6. The number of hydrogen-bond donors (Lipinski definition) is 1. The monoisotopic (exact) mass is 311 g/mol. The van der Waals surface area contributed by atoms with Gasteiger partial charge in [-0.25, -0.2) is 13.4 Å². The van der Waals surface area contributed by atoms with E-state index in [1.807, 2.05) is 26.8 Å². The van der Waals surface area contributed by atoms with Gasteiger partial charge in [0.2, 0.25) is 0 Å². The van der Waals surface area contributed by atoms with Crippen LogP contribution in [-0.2, 0) is 16.6 Å². The molecule has 0 amide bonds. The highest BCUT2D eigenvalue weighted by Gasteiger charge is 2.28. The zero-order valence-corrected chi connectivity index (χ0v) is 13.9. The summed E-state index contributed by atoms with van der Waals surface area (Å²) in [5.74, 6) is 0. The molecule has 21 heavy (non-hydrogen) atoms. The van der Waals surface area contributed by atoms with Crippen LogP contribution in [0, 0.1) is 0 Å². The van der Waals surface area contributed by atoms with E-state index in [1.54, 1.807) is 12.3 Å². The second-order valence-electron chi connectivity index (χ2n) is 5.63. The SMILES string of the molecule is CCC(C)N(CC)S(=O)(=O)c1ccc(CNC2CC2)cn1. The van der Waals surface area contributed by atoms with Gasteiger partial charge in [-0.2, -0.15) is 4.31 Å². The minimum Gasteiger partial charge on any atom is -0.310 e. The summed E-state index contributed by atoms with van der Waals surface area (Å²) in [6, 6.07) is 4.08. The summed E-state index contributed by atoms with van der Waals surface area (Å²) in [6.07, 6.45) is 4.92. The molecule has 0 bridgehead atoms. The van der Waals surface area contributed by atoms with Gasteiger partial charge in [0.1, 0.15) is 0 Å². The average molecular weight is 311 g/mol. The van der Waals surface area contributed by atoms with Crippen molar-refractivity contribution in [3.05, 3.63) is 23.9 Å². The predicted octanol–water partition coefficient (Wildman–Crippen LogP) is 2.14. The first-order valence-corrected chi connectivity index (χ1v) is 9.13. The summed E-state index contributed by atoms with van der Waals surface area (Å²) in [5.41, 5.74) is 1.02. The second kappa shape index (κ2) is 6.85. The Morgan fingerprint density at radius 2 is 2.10 bits per heavy atom. The molecule has 2 rings (SSSR count). The van der Waals surface area contributed by atoms with E-state index in [0.29, 0.717) is 12.6 Å². The van der Waals surface area contributed by atoms with E-state index in [1.165, 1.54) is 17.1 Å². The molecule has 1 aliphatic rings. The van der Waals surface area contributed by atoms with E-state index in [9.17, 15) is 8.42 Å². The molecule has 118 valence electrons. The predicted molar refractivity (Wildman–Crippen MR) is 83.4 cm³/mol. The third-order valence-corrected chi connectivity index (χ3v) is 5.94. The molecule has 0 spiro atoms. The quantitative estimate of drug-likeness (QED) is 0.799. The van der Waals surface area contributed by atoms with Crippen molar-refractivity contribution >= 4 is 10.0 Å². The Labute approximate surface area is 127 Å². The second-order valence-corrected chi connectivity index (χ2v) is 7.46. The van der Waals surface area contributed by atoms with Crippen molar-refractivity contribution in [2.75, 3.05) is 6.54 Å². The molecule has 0 radical (unpaired) electrons. The highest BCUT2D eigenvalue weighted by molar-refractivity contribution is 7.89. The topological polar surface area (TPSA) is 62.3 Å². The van der Waals surface area contributed by atoms with Crippen molar-refractivity contribution < 1.29 is 8.42 Å². The third-order valence-electron chi connectivity index (χ3n) is 3.94. The fourth-order valence-corrected chi connectivity index (χ4v) is 3.89. The van der Waals surface area contributed by atoms with Gasteiger partial charge in [0.05, 0.1) is 0 Å². The average Bonchev–Trinajstić information content (AvgIpc) is 3.30. The Morgan fingerprint density at radius 3 is 2.57 bits per heavy atom. The van der Waals surface area contributed by atoms with E-state index in [-0.39, 0.29) is 11.1 Å². The van der Waals surface area contributed by atoms with E-state index >= 15 is 0 Å². The molecule has 0 aromatic carbocycles. The van der Waals surface area contributed by atoms with Gasteiger partial charge < -0.3 is 5.32 Å². The molecular formula is C15H25N3O2S. The Balaban J connectivity index is 2.11. The van der Waals surface area contributed by atoms with Crippen LogP contribution in [0.2, 0.25) is 0 Å². The van der Waals surface area contributed by atoms with E-state index in [4.69, 9.17) is 0 Å². The molecular weight excluding hydrogens is 286 g/mol. The first-order chi connectivity index (χ1) is 9.98. The Bertz CT molecular complexity index is 553. The van der Waals surface area contributed by atoms with Gasteiger partial charge in [-0.05, 0) is 37.8 Å². The number of sulfonamides is 1. The van der Waals surface area contributed by atoms with E-state index < -0.39 is 10.0 Å². The zero-order valence-electron chi connectivity index (χ0n) is 13.0. The molecule has 1 aromatic heterocycles. The molecule has 1 fully saturated rings. The van der Waals surface area contributed by atoms with Gasteiger partial charge in [-0.15, -0.1) is 0 Å². The largest absolute Gasteiger partial charge is 0.310 e. The van der Waals surface area contributed by atoms with Crippen molar-refractivity contribution in [3.63, 3.8) is 0 Å². The molecule has 1 saturated carbocycles. The van der Waals surface area contributed by atoms with Gasteiger partial charge in [0.15, 0.2) is 5.03 Å². The minimum absolute atomic E-state index is 0.0157. The van der Waals surface area contributed by atoms with Crippen molar-refractivity contribution in [2.45, 2.75) is 63.7 Å². The lowest BCUT2D eigenvalue weighted by Gasteiger charge is -2.25. The van der Waals surface area contributed by atoms with E-state index in [0.717, 1.165) is 18.5 Å². The van der Waals surface area contributed by atoms with Crippen LogP contribution in [0.5, 0.6) is 0 Å². The molecule has 1 N–H and O–H groups in total. The molecule has 1 atom stereocenters. The number of nitrogens with one attached hydrogen (secondary N) is 1. The van der Waals surface area contributed by atoms with E-state index in [2.05, 4.69) is 10.3 Å². The highest BCUT2D eigenvalue weighted by atomic mass is 32.2. The molecule has 6 heteroatoms. The van der Waals surface area contributed by atoms with Crippen LogP contribution >= 0.6 is 0 Å². The molecule has 1 heterocycles. The lowest BCUT2D eigenvalue weighted by molar-refractivity contribution is 0.341. The summed E-state index contributed by atoms with van der Waals surface area (Å²) in [4.78, 5) is 4.16. The summed E-state index contributed by atoms with van der Waals surface area (Å²) < 4.78 is 26.7. The third kappa shape index (κ3) is 4.02. The van der Waals surface area contributed by atoms with Gasteiger partial charge in [0.25, 0.3) is 10.0 Å². The van der Waals surface area contributed by atoms with Crippen LogP contribution in [-0.4, -0.2) is 36.3 Å². The number of hydrogen-bond acceptors (Lipinski definition) is 4. The lowest BCUT2D eigenvalue weighted by Crippen LogP contribution is -2.38. The fourth-order valence-electron chi connectivity index (χ4n) is 2.26. The smallest absolute Gasteiger partial charge is 0.260 e. The standard InChI is InChI=1S/C15H25N3O2S/c1-4-12(3)18(5-2)21(19,20)15-9-6-13(11-17-15)10-16-14-7-8-14/h6,9,11-12,14,16H,4-5,7-8,10H2,1-3H3. The number of nitrogens with zero attached hydrogens (tertiary/aromatic N) is 2. The summed E-state index contributed by atoms with van der Waals surface area (Å²) in [7, 11) is -3.50. The van der Waals surface area contributed by atoms with Crippen molar-refractivity contribution in [1.29, 1.82) is 0 Å². The molecule has 0 saturated heterocycles. The minimum atomic E-state index is -3.50. The normalized spacial score (nSPS) is 17.1. The van der Waals surface area contributed by atoms with Gasteiger partial charge in [0, 0.05) is 31.4 Å². The summed E-state index contributed by atoms with van der Waals surface area (Å²) in [6.45, 7) is 6.99. The zero-order chi connectivity index (χ0) is 15.5. The lowest BCUT2D eigenvalue weighted by atomic mass is 10.3. The van der Waals surface area contributed by atoms with Gasteiger partial charge >= 0.3 is 0 Å². The van der Waals surface area contributed by atoms with Crippen LogP contribution in [0.15, 0.2) is 23.4 Å². The Kier molecular flexibility index (Phi) is 5.35. The van der Waals surface area contributed by atoms with Crippen molar-refractivity contribution in [1.82, 2.24) is 14.6 Å². The molecule has 1 unspecified atom stereocenters. The van der Waals surface area contributed by atoms with Crippen LogP contribution in [0.1, 0.15) is 45.6 Å². The summed E-state index contributed by atoms with van der Waals surface area (Å²) in [5, 5.41) is 3.53. The first kappa shape index (κ1) is 16.4. The number of rotatable bonds is 8. The molecule has 0 aliphatic heterocycles. The fraction of sp³-hybridized carbons (Fsp3) is 0.667. The number of aromatic nitrogens is 1. The van der Waals surface area contributed by atoms with Gasteiger partial charge in [-0.1, -0.05) is 19.9 Å². The first-order valence-electron chi connectivity index (χ1n) is 7.69. The molecule has 1 aromatic rings. The van der Waals surface area contributed by atoms with Crippen LogP contribution in [0.4, 0.5) is 0 Å². The number of pyridine rings is 1. The Hall–Kier alpha value is -0.980. The van der Waals surface area contributed by atoms with Crippen molar-refractivity contribution in [3.8, 4) is 0 Å². The Morgan fingerprint density at radius 1 is 1.38 bits per heavy atom. The van der Waals surface area contributed by atoms with Gasteiger partial charge in [-0.3, -0.25) is 0 Å². The molecule has 5 nitrogen and oxygen atoms in total. The maximum atomic E-state index is 12.6. The van der Waals surface area contributed by atoms with Crippen LogP contribution in [0.3, 0.4) is 0 Å².